The van der Waals surface area contributed by atoms with E-state index in [1.165, 1.54) is 17.1 Å². The van der Waals surface area contributed by atoms with Crippen molar-refractivity contribution in [3.05, 3.63) is 24.0 Å². The van der Waals surface area contributed by atoms with E-state index in [1.807, 2.05) is 0 Å². The SMILES string of the molecule is OCc1cc(O)c(O)c(O)c1-n1ccnn1. The van der Waals surface area contributed by atoms with Crippen LogP contribution < -0.4 is 0 Å². The monoisotopic (exact) mass is 223 g/mol. The molecular weight excluding hydrogens is 214 g/mol. The minimum absolute atomic E-state index is 0.0790. The Morgan fingerprint density at radius 3 is 2.50 bits per heavy atom. The van der Waals surface area contributed by atoms with Crippen LogP contribution >= 0.6 is 0 Å². The van der Waals surface area contributed by atoms with E-state index < -0.39 is 23.9 Å². The number of hydrogen-bond donors (Lipinski definition) is 4. The molecule has 16 heavy (non-hydrogen) atoms. The van der Waals surface area contributed by atoms with E-state index in [0.29, 0.717) is 0 Å². The van der Waals surface area contributed by atoms with E-state index >= 15 is 0 Å². The molecule has 7 nitrogen and oxygen atoms in total. The van der Waals surface area contributed by atoms with Gasteiger partial charge in [-0.3, -0.25) is 0 Å². The average molecular weight is 223 g/mol. The molecule has 0 aliphatic heterocycles. The van der Waals surface area contributed by atoms with Gasteiger partial charge in [0.05, 0.1) is 19.0 Å². The fraction of sp³-hybridized carbons (Fsp3) is 0.111. The number of aromatic hydroxyl groups is 3. The van der Waals surface area contributed by atoms with Gasteiger partial charge in [-0.25, -0.2) is 4.68 Å². The molecule has 84 valence electrons. The lowest BCUT2D eigenvalue weighted by atomic mass is 10.1. The molecule has 4 N–H and O–H groups in total. The summed E-state index contributed by atoms with van der Waals surface area (Å²) in [7, 11) is 0. The number of benzene rings is 1. The number of hydrogen-bond acceptors (Lipinski definition) is 6. The Hall–Kier alpha value is -2.28. The molecule has 1 aromatic heterocycles. The number of aliphatic hydroxyl groups is 1. The van der Waals surface area contributed by atoms with Crippen LogP contribution in [0.2, 0.25) is 0 Å². The first kappa shape index (κ1) is 10.2. The highest BCUT2D eigenvalue weighted by Gasteiger charge is 2.18. The highest BCUT2D eigenvalue weighted by molar-refractivity contribution is 5.63. The molecule has 0 aliphatic carbocycles. The summed E-state index contributed by atoms with van der Waals surface area (Å²) in [5, 5.41) is 44.5. The lowest BCUT2D eigenvalue weighted by Crippen LogP contribution is -2.01. The largest absolute Gasteiger partial charge is 0.504 e. The van der Waals surface area contributed by atoms with Gasteiger partial charge in [0.1, 0.15) is 5.69 Å². The number of rotatable bonds is 2. The topological polar surface area (TPSA) is 112 Å². The first-order chi connectivity index (χ1) is 7.65. The molecule has 1 aromatic carbocycles. The van der Waals surface area contributed by atoms with Crippen LogP contribution in [0.5, 0.6) is 17.2 Å². The van der Waals surface area contributed by atoms with Crippen LogP contribution in [-0.4, -0.2) is 35.4 Å². The van der Waals surface area contributed by atoms with Crippen molar-refractivity contribution in [2.75, 3.05) is 0 Å². The lowest BCUT2D eigenvalue weighted by Gasteiger charge is -2.11. The summed E-state index contributed by atoms with van der Waals surface area (Å²) in [5.74, 6) is -1.73. The number of phenolic OH excluding ortho intramolecular Hbond substituents is 3. The van der Waals surface area contributed by atoms with E-state index in [1.54, 1.807) is 0 Å². The van der Waals surface area contributed by atoms with Crippen molar-refractivity contribution in [2.45, 2.75) is 6.61 Å². The van der Waals surface area contributed by atoms with Crippen molar-refractivity contribution >= 4 is 0 Å². The van der Waals surface area contributed by atoms with Gasteiger partial charge in [0.25, 0.3) is 0 Å². The summed E-state index contributed by atoms with van der Waals surface area (Å²) in [6.07, 6.45) is 2.81. The van der Waals surface area contributed by atoms with Crippen molar-refractivity contribution < 1.29 is 20.4 Å². The Morgan fingerprint density at radius 1 is 1.19 bits per heavy atom. The lowest BCUT2D eigenvalue weighted by molar-refractivity contribution is 0.278. The molecule has 0 aliphatic rings. The average Bonchev–Trinajstić information content (AvgIpc) is 2.78. The molecule has 2 rings (SSSR count). The zero-order chi connectivity index (χ0) is 11.7. The molecule has 0 unspecified atom stereocenters. The Balaban J connectivity index is 2.72. The predicted molar refractivity (Wildman–Crippen MR) is 52.3 cm³/mol. The molecule has 2 aromatic rings. The van der Waals surface area contributed by atoms with Crippen LogP contribution in [0.1, 0.15) is 5.56 Å². The van der Waals surface area contributed by atoms with Crippen molar-refractivity contribution in [3.8, 4) is 22.9 Å². The Morgan fingerprint density at radius 2 is 1.94 bits per heavy atom. The van der Waals surface area contributed by atoms with Crippen LogP contribution in [-0.2, 0) is 6.61 Å². The fourth-order valence-electron chi connectivity index (χ4n) is 1.39. The quantitative estimate of drug-likeness (QED) is 0.528. The number of aromatic nitrogens is 3. The van der Waals surface area contributed by atoms with Gasteiger partial charge in [-0.2, -0.15) is 0 Å². The summed E-state index contributed by atoms with van der Waals surface area (Å²) >= 11 is 0. The van der Waals surface area contributed by atoms with Gasteiger partial charge in [0.2, 0.25) is 5.75 Å². The van der Waals surface area contributed by atoms with Gasteiger partial charge in [0, 0.05) is 5.56 Å². The Kier molecular flexibility index (Phi) is 2.37. The van der Waals surface area contributed by atoms with Crippen LogP contribution in [0.25, 0.3) is 5.69 Å². The summed E-state index contributed by atoms with van der Waals surface area (Å²) in [5.41, 5.74) is 0.300. The zero-order valence-electron chi connectivity index (χ0n) is 8.07. The molecule has 0 spiro atoms. The van der Waals surface area contributed by atoms with E-state index in [-0.39, 0.29) is 11.3 Å². The van der Waals surface area contributed by atoms with Crippen LogP contribution in [0.15, 0.2) is 18.5 Å². The smallest absolute Gasteiger partial charge is 0.202 e. The van der Waals surface area contributed by atoms with Crippen molar-refractivity contribution in [3.63, 3.8) is 0 Å². The first-order valence-corrected chi connectivity index (χ1v) is 4.39. The molecule has 0 bridgehead atoms. The minimum atomic E-state index is -0.664. The van der Waals surface area contributed by atoms with Crippen molar-refractivity contribution in [1.29, 1.82) is 0 Å². The molecule has 0 saturated heterocycles. The third-order valence-corrected chi connectivity index (χ3v) is 2.13. The second-order valence-corrected chi connectivity index (χ2v) is 3.11. The number of phenols is 3. The van der Waals surface area contributed by atoms with Crippen molar-refractivity contribution in [2.24, 2.45) is 0 Å². The summed E-state index contributed by atoms with van der Waals surface area (Å²) in [4.78, 5) is 0. The first-order valence-electron chi connectivity index (χ1n) is 4.39. The van der Waals surface area contributed by atoms with Crippen LogP contribution in [0.4, 0.5) is 0 Å². The Bertz CT molecular complexity index is 510. The molecular formula is C9H9N3O4. The summed E-state index contributed by atoms with van der Waals surface area (Å²) in [6, 6.07) is 1.14. The fourth-order valence-corrected chi connectivity index (χ4v) is 1.39. The van der Waals surface area contributed by atoms with Gasteiger partial charge in [-0.1, -0.05) is 5.21 Å². The van der Waals surface area contributed by atoms with Gasteiger partial charge < -0.3 is 20.4 Å². The zero-order valence-corrected chi connectivity index (χ0v) is 8.07. The summed E-state index contributed by atoms with van der Waals surface area (Å²) < 4.78 is 1.18. The molecule has 1 heterocycles. The molecule has 0 radical (unpaired) electrons. The number of aliphatic hydroxyl groups excluding tert-OH is 1. The van der Waals surface area contributed by atoms with Gasteiger partial charge >= 0.3 is 0 Å². The normalized spacial score (nSPS) is 10.6. The maximum Gasteiger partial charge on any atom is 0.202 e. The van der Waals surface area contributed by atoms with E-state index in [2.05, 4.69) is 10.3 Å². The molecule has 0 atom stereocenters. The molecule has 0 amide bonds. The third kappa shape index (κ3) is 1.43. The second kappa shape index (κ2) is 3.70. The highest BCUT2D eigenvalue weighted by Crippen LogP contribution is 2.41. The predicted octanol–water partition coefficient (Wildman–Crippen LogP) is -0.124. The molecule has 0 fully saturated rings. The standard InChI is InChI=1S/C9H9N3O4/c13-4-5-3-6(14)8(15)9(16)7(5)12-2-1-10-11-12/h1-3,13-16H,4H2. The van der Waals surface area contributed by atoms with Gasteiger partial charge in [0.15, 0.2) is 11.5 Å². The maximum absolute atomic E-state index is 9.65. The molecule has 7 heteroatoms. The van der Waals surface area contributed by atoms with Crippen LogP contribution in [0, 0.1) is 0 Å². The second-order valence-electron chi connectivity index (χ2n) is 3.11. The van der Waals surface area contributed by atoms with Crippen LogP contribution in [0.3, 0.4) is 0 Å². The van der Waals surface area contributed by atoms with Gasteiger partial charge in [-0.15, -0.1) is 5.10 Å². The third-order valence-electron chi connectivity index (χ3n) is 2.13. The Labute approximate surface area is 89.8 Å². The summed E-state index contributed by atoms with van der Waals surface area (Å²) in [6.45, 7) is -0.420. The van der Waals surface area contributed by atoms with E-state index in [9.17, 15) is 15.3 Å². The highest BCUT2D eigenvalue weighted by atomic mass is 16.3. The van der Waals surface area contributed by atoms with E-state index in [0.717, 1.165) is 6.07 Å². The minimum Gasteiger partial charge on any atom is -0.504 e. The molecule has 0 saturated carbocycles. The van der Waals surface area contributed by atoms with E-state index in [4.69, 9.17) is 5.11 Å². The van der Waals surface area contributed by atoms with Crippen molar-refractivity contribution in [1.82, 2.24) is 15.0 Å². The van der Waals surface area contributed by atoms with Gasteiger partial charge in [-0.05, 0) is 6.07 Å². The number of nitrogens with zero attached hydrogens (tertiary/aromatic N) is 3. The maximum atomic E-state index is 9.65.